The standard InChI is InChI=1S/C14H19F3N2O2/c1-21-12(9-18)8-13(20)19-11-4-2-3-10(7-11)5-6-14(15,16)17/h2-4,7,12H,5-6,8-9,18H2,1H3,(H,19,20). The fraction of sp³-hybridized carbons (Fsp3) is 0.500. The van der Waals surface area contributed by atoms with E-state index in [1.54, 1.807) is 18.2 Å². The van der Waals surface area contributed by atoms with Gasteiger partial charge in [0.25, 0.3) is 0 Å². The lowest BCUT2D eigenvalue weighted by Gasteiger charge is -2.13. The quantitative estimate of drug-likeness (QED) is 0.813. The number of nitrogens with two attached hydrogens (primary N) is 1. The second-order valence-corrected chi connectivity index (χ2v) is 4.66. The molecular formula is C14H19F3N2O2. The Kier molecular flexibility index (Phi) is 6.64. The van der Waals surface area contributed by atoms with Gasteiger partial charge in [-0.15, -0.1) is 0 Å². The van der Waals surface area contributed by atoms with Gasteiger partial charge in [-0.2, -0.15) is 13.2 Å². The lowest BCUT2D eigenvalue weighted by Crippen LogP contribution is -2.28. The molecule has 0 saturated carbocycles. The van der Waals surface area contributed by atoms with Crippen LogP contribution in [0.15, 0.2) is 24.3 Å². The molecule has 0 aliphatic carbocycles. The summed E-state index contributed by atoms with van der Waals surface area (Å²) in [6.45, 7) is 0.218. The van der Waals surface area contributed by atoms with E-state index in [2.05, 4.69) is 5.32 Å². The average molecular weight is 304 g/mol. The molecule has 1 aromatic rings. The molecular weight excluding hydrogens is 285 g/mol. The number of nitrogens with one attached hydrogen (secondary N) is 1. The number of rotatable bonds is 7. The van der Waals surface area contributed by atoms with Crippen molar-refractivity contribution in [1.29, 1.82) is 0 Å². The van der Waals surface area contributed by atoms with Crippen molar-refractivity contribution in [1.82, 2.24) is 0 Å². The summed E-state index contributed by atoms with van der Waals surface area (Å²) in [7, 11) is 1.46. The maximum atomic E-state index is 12.2. The van der Waals surface area contributed by atoms with Gasteiger partial charge in [0.1, 0.15) is 0 Å². The third-order valence-corrected chi connectivity index (χ3v) is 2.92. The number of hydrogen-bond acceptors (Lipinski definition) is 3. The Morgan fingerprint density at radius 2 is 2.14 bits per heavy atom. The molecule has 0 aromatic heterocycles. The molecule has 0 saturated heterocycles. The predicted octanol–water partition coefficient (Wildman–Crippen LogP) is 2.48. The Morgan fingerprint density at radius 3 is 2.71 bits per heavy atom. The zero-order valence-electron chi connectivity index (χ0n) is 11.7. The Morgan fingerprint density at radius 1 is 1.43 bits per heavy atom. The number of ether oxygens (including phenoxy) is 1. The Balaban J connectivity index is 2.58. The number of amides is 1. The molecule has 1 aromatic carbocycles. The van der Waals surface area contributed by atoms with E-state index in [0.29, 0.717) is 11.3 Å². The van der Waals surface area contributed by atoms with Gasteiger partial charge in [-0.05, 0) is 24.1 Å². The zero-order valence-corrected chi connectivity index (χ0v) is 11.7. The monoisotopic (exact) mass is 304 g/mol. The van der Waals surface area contributed by atoms with Gasteiger partial charge in [-0.3, -0.25) is 4.79 Å². The number of carbonyl (C=O) groups is 1. The molecule has 0 aliphatic rings. The summed E-state index contributed by atoms with van der Waals surface area (Å²) in [6.07, 6.45) is -5.47. The van der Waals surface area contributed by atoms with Crippen LogP contribution in [0.1, 0.15) is 18.4 Å². The molecule has 21 heavy (non-hydrogen) atoms. The Hall–Kier alpha value is -1.60. The summed E-state index contributed by atoms with van der Waals surface area (Å²) >= 11 is 0. The SMILES string of the molecule is COC(CN)CC(=O)Nc1cccc(CCC(F)(F)F)c1. The van der Waals surface area contributed by atoms with E-state index < -0.39 is 12.6 Å². The van der Waals surface area contributed by atoms with Crippen LogP contribution in [0, 0.1) is 0 Å². The topological polar surface area (TPSA) is 64.3 Å². The van der Waals surface area contributed by atoms with Crippen molar-refractivity contribution >= 4 is 11.6 Å². The highest BCUT2D eigenvalue weighted by Crippen LogP contribution is 2.23. The van der Waals surface area contributed by atoms with Gasteiger partial charge in [0, 0.05) is 25.8 Å². The van der Waals surface area contributed by atoms with Gasteiger partial charge in [0.15, 0.2) is 0 Å². The molecule has 1 amide bonds. The number of hydrogen-bond donors (Lipinski definition) is 2. The molecule has 0 radical (unpaired) electrons. The molecule has 0 bridgehead atoms. The van der Waals surface area contributed by atoms with Crippen LogP contribution >= 0.6 is 0 Å². The molecule has 1 rings (SSSR count). The first kappa shape index (κ1) is 17.5. The molecule has 4 nitrogen and oxygen atoms in total. The first-order valence-electron chi connectivity index (χ1n) is 6.52. The van der Waals surface area contributed by atoms with Crippen LogP contribution in [0.5, 0.6) is 0 Å². The van der Waals surface area contributed by atoms with Gasteiger partial charge < -0.3 is 15.8 Å². The minimum absolute atomic E-state index is 0.0970. The lowest BCUT2D eigenvalue weighted by molar-refractivity contribution is -0.134. The van der Waals surface area contributed by atoms with Crippen LogP contribution in [0.25, 0.3) is 0 Å². The first-order chi connectivity index (χ1) is 9.84. The van der Waals surface area contributed by atoms with E-state index in [4.69, 9.17) is 10.5 Å². The Bertz CT molecular complexity index is 460. The van der Waals surface area contributed by atoms with Crippen LogP contribution in [0.2, 0.25) is 0 Å². The van der Waals surface area contributed by atoms with Gasteiger partial charge in [-0.1, -0.05) is 12.1 Å². The number of anilines is 1. The van der Waals surface area contributed by atoms with Crippen molar-refractivity contribution in [3.8, 4) is 0 Å². The van der Waals surface area contributed by atoms with Gasteiger partial charge in [0.2, 0.25) is 5.91 Å². The summed E-state index contributed by atoms with van der Waals surface area (Å²) in [4.78, 5) is 11.7. The largest absolute Gasteiger partial charge is 0.389 e. The minimum Gasteiger partial charge on any atom is -0.380 e. The minimum atomic E-state index is -4.19. The zero-order chi connectivity index (χ0) is 15.9. The fourth-order valence-electron chi connectivity index (χ4n) is 1.77. The molecule has 1 unspecified atom stereocenters. The molecule has 3 N–H and O–H groups in total. The third kappa shape index (κ3) is 7.10. The van der Waals surface area contributed by atoms with Crippen LogP contribution in [0.3, 0.4) is 0 Å². The third-order valence-electron chi connectivity index (χ3n) is 2.92. The maximum Gasteiger partial charge on any atom is 0.389 e. The van der Waals surface area contributed by atoms with Crippen LogP contribution in [-0.2, 0) is 16.0 Å². The van der Waals surface area contributed by atoms with Gasteiger partial charge in [-0.25, -0.2) is 0 Å². The summed E-state index contributed by atoms with van der Waals surface area (Å²) in [6, 6.07) is 6.37. The van der Waals surface area contributed by atoms with E-state index in [1.165, 1.54) is 13.2 Å². The Labute approximate surface area is 121 Å². The highest BCUT2D eigenvalue weighted by molar-refractivity contribution is 5.91. The van der Waals surface area contributed by atoms with E-state index in [9.17, 15) is 18.0 Å². The number of methoxy groups -OCH3 is 1. The maximum absolute atomic E-state index is 12.2. The van der Waals surface area contributed by atoms with Crippen molar-refractivity contribution in [3.63, 3.8) is 0 Å². The number of benzene rings is 1. The second kappa shape index (κ2) is 7.99. The van der Waals surface area contributed by atoms with Crippen molar-refractivity contribution in [3.05, 3.63) is 29.8 Å². The number of alkyl halides is 3. The van der Waals surface area contributed by atoms with Crippen LogP contribution in [-0.4, -0.2) is 31.8 Å². The molecule has 0 aliphatic heterocycles. The van der Waals surface area contributed by atoms with Crippen LogP contribution in [0.4, 0.5) is 18.9 Å². The smallest absolute Gasteiger partial charge is 0.380 e. The van der Waals surface area contributed by atoms with Crippen LogP contribution < -0.4 is 11.1 Å². The molecule has 1 atom stereocenters. The van der Waals surface area contributed by atoms with Crippen molar-refractivity contribution < 1.29 is 22.7 Å². The molecule has 118 valence electrons. The molecule has 0 spiro atoms. The van der Waals surface area contributed by atoms with Gasteiger partial charge in [0.05, 0.1) is 12.5 Å². The number of carbonyl (C=O) groups excluding carboxylic acids is 1. The summed E-state index contributed by atoms with van der Waals surface area (Å²) in [5, 5.41) is 2.62. The van der Waals surface area contributed by atoms with Crippen molar-refractivity contribution in [2.45, 2.75) is 31.5 Å². The van der Waals surface area contributed by atoms with E-state index in [-0.39, 0.29) is 31.4 Å². The first-order valence-corrected chi connectivity index (χ1v) is 6.52. The van der Waals surface area contributed by atoms with Crippen molar-refractivity contribution in [2.24, 2.45) is 5.73 Å². The second-order valence-electron chi connectivity index (χ2n) is 4.66. The van der Waals surface area contributed by atoms with E-state index >= 15 is 0 Å². The van der Waals surface area contributed by atoms with Gasteiger partial charge >= 0.3 is 6.18 Å². The molecule has 0 fully saturated rings. The van der Waals surface area contributed by atoms with E-state index in [0.717, 1.165) is 0 Å². The summed E-state index contributed by atoms with van der Waals surface area (Å²) in [5.41, 5.74) is 6.40. The van der Waals surface area contributed by atoms with Crippen molar-refractivity contribution in [2.75, 3.05) is 19.0 Å². The predicted molar refractivity (Wildman–Crippen MR) is 73.9 cm³/mol. The number of aryl methyl sites for hydroxylation is 1. The molecule has 7 heteroatoms. The summed E-state index contributed by atoms with van der Waals surface area (Å²) < 4.78 is 41.5. The summed E-state index contributed by atoms with van der Waals surface area (Å²) in [5.74, 6) is -0.291. The van der Waals surface area contributed by atoms with E-state index in [1.807, 2.05) is 0 Å². The lowest BCUT2D eigenvalue weighted by atomic mass is 10.1. The molecule has 0 heterocycles. The highest BCUT2D eigenvalue weighted by atomic mass is 19.4. The fourth-order valence-corrected chi connectivity index (χ4v) is 1.77. The average Bonchev–Trinajstić information content (AvgIpc) is 2.42. The normalized spacial score (nSPS) is 13.0. The highest BCUT2D eigenvalue weighted by Gasteiger charge is 2.26. The number of halogens is 3.